The fraction of sp³-hybridized carbons (Fsp3) is 0.625. The third-order valence-electron chi connectivity index (χ3n) is 1.38. The van der Waals surface area contributed by atoms with Crippen LogP contribution < -0.4 is 10.6 Å². The summed E-state index contributed by atoms with van der Waals surface area (Å²) < 4.78 is 0. The summed E-state index contributed by atoms with van der Waals surface area (Å²) in [6.07, 6.45) is 1.23. The molecule has 0 saturated carbocycles. The van der Waals surface area contributed by atoms with Crippen LogP contribution in [0.1, 0.15) is 19.8 Å². The van der Waals surface area contributed by atoms with Crippen LogP contribution in [0.3, 0.4) is 0 Å². The van der Waals surface area contributed by atoms with Crippen molar-refractivity contribution in [2.45, 2.75) is 19.8 Å². The molecule has 0 bridgehead atoms. The summed E-state index contributed by atoms with van der Waals surface area (Å²) in [6.45, 7) is 2.08. The van der Waals surface area contributed by atoms with Crippen LogP contribution in [0.15, 0.2) is 0 Å². The minimum atomic E-state index is -0.233. The zero-order chi connectivity index (χ0) is 10.1. The van der Waals surface area contributed by atoms with E-state index in [4.69, 9.17) is 0 Å². The highest BCUT2D eigenvalue weighted by atomic mass is 16.2. The van der Waals surface area contributed by atoms with Crippen LogP contribution in [0.5, 0.6) is 0 Å². The first kappa shape index (κ1) is 11.6. The van der Waals surface area contributed by atoms with E-state index in [-0.39, 0.29) is 24.8 Å². The van der Waals surface area contributed by atoms with Crippen LogP contribution in [0.2, 0.25) is 0 Å². The van der Waals surface area contributed by atoms with Gasteiger partial charge in [-0.1, -0.05) is 6.92 Å². The van der Waals surface area contributed by atoms with Crippen molar-refractivity contribution < 1.29 is 14.4 Å². The first-order chi connectivity index (χ1) is 6.20. The number of hydrogen-bond donors (Lipinski definition) is 2. The van der Waals surface area contributed by atoms with Crippen LogP contribution in [0, 0.1) is 0 Å². The Hall–Kier alpha value is -1.39. The minimum absolute atomic E-state index is 0.0283. The molecule has 0 fully saturated rings. The van der Waals surface area contributed by atoms with Gasteiger partial charge in [-0.3, -0.25) is 9.59 Å². The van der Waals surface area contributed by atoms with E-state index in [2.05, 4.69) is 10.6 Å². The first-order valence-corrected chi connectivity index (χ1v) is 4.17. The molecule has 0 aromatic carbocycles. The molecule has 5 heteroatoms. The number of carbonyl (C=O) groups excluding carboxylic acids is 3. The second-order valence-corrected chi connectivity index (χ2v) is 2.42. The van der Waals surface area contributed by atoms with E-state index in [0.29, 0.717) is 19.3 Å². The Labute approximate surface area is 76.9 Å². The van der Waals surface area contributed by atoms with E-state index in [9.17, 15) is 14.4 Å². The molecular formula is C8H14N2O3. The molecule has 0 rings (SSSR count). The van der Waals surface area contributed by atoms with Gasteiger partial charge in [-0.05, 0) is 0 Å². The molecule has 0 unspecified atom stereocenters. The zero-order valence-electron chi connectivity index (χ0n) is 7.63. The standard InChI is InChI=1S/C8H14N2O3/c1-2-7(12)9-4-3-8(13)10-5-6-11/h6H,2-5H2,1H3,(H,9,12)(H,10,13). The van der Waals surface area contributed by atoms with Crippen molar-refractivity contribution in [3.8, 4) is 0 Å². The Kier molecular flexibility index (Phi) is 6.49. The normalized spacial score (nSPS) is 9.00. The molecule has 0 aromatic rings. The van der Waals surface area contributed by atoms with Crippen molar-refractivity contribution in [1.82, 2.24) is 10.6 Å². The van der Waals surface area contributed by atoms with Crippen molar-refractivity contribution in [2.75, 3.05) is 13.1 Å². The second kappa shape index (κ2) is 7.27. The Bertz CT molecular complexity index is 192. The van der Waals surface area contributed by atoms with Gasteiger partial charge in [-0.15, -0.1) is 0 Å². The predicted molar refractivity (Wildman–Crippen MR) is 47.0 cm³/mol. The molecule has 13 heavy (non-hydrogen) atoms. The Balaban J connectivity index is 3.36. The average molecular weight is 186 g/mol. The maximum Gasteiger partial charge on any atom is 0.222 e. The summed E-state index contributed by atoms with van der Waals surface area (Å²) in [5.41, 5.74) is 0. The van der Waals surface area contributed by atoms with Gasteiger partial charge < -0.3 is 15.4 Å². The van der Waals surface area contributed by atoms with Crippen molar-refractivity contribution in [1.29, 1.82) is 0 Å². The van der Waals surface area contributed by atoms with Crippen LogP contribution in [0.25, 0.3) is 0 Å². The van der Waals surface area contributed by atoms with E-state index >= 15 is 0 Å². The van der Waals surface area contributed by atoms with Crippen molar-refractivity contribution >= 4 is 18.1 Å². The first-order valence-electron chi connectivity index (χ1n) is 4.17. The lowest BCUT2D eigenvalue weighted by Gasteiger charge is -2.02. The van der Waals surface area contributed by atoms with Crippen molar-refractivity contribution in [3.05, 3.63) is 0 Å². The third-order valence-corrected chi connectivity index (χ3v) is 1.38. The summed E-state index contributed by atoms with van der Waals surface area (Å²) in [7, 11) is 0. The molecule has 0 aromatic heterocycles. The zero-order valence-corrected chi connectivity index (χ0v) is 7.63. The van der Waals surface area contributed by atoms with Crippen LogP contribution >= 0.6 is 0 Å². The van der Waals surface area contributed by atoms with Crippen molar-refractivity contribution in [2.24, 2.45) is 0 Å². The Morgan fingerprint density at radius 2 is 1.92 bits per heavy atom. The van der Waals surface area contributed by atoms with Gasteiger partial charge in [0.25, 0.3) is 0 Å². The fourth-order valence-corrected chi connectivity index (χ4v) is 0.684. The Morgan fingerprint density at radius 1 is 1.23 bits per heavy atom. The second-order valence-electron chi connectivity index (χ2n) is 2.42. The topological polar surface area (TPSA) is 75.3 Å². The molecule has 0 aliphatic rings. The maximum absolute atomic E-state index is 10.9. The van der Waals surface area contributed by atoms with Crippen LogP contribution in [-0.2, 0) is 14.4 Å². The number of nitrogens with one attached hydrogen (secondary N) is 2. The number of rotatable bonds is 6. The molecule has 0 aliphatic carbocycles. The quantitative estimate of drug-likeness (QED) is 0.534. The molecule has 74 valence electrons. The third kappa shape index (κ3) is 6.99. The van der Waals surface area contributed by atoms with Gasteiger partial charge in [0.05, 0.1) is 6.54 Å². The number of carbonyl (C=O) groups is 3. The van der Waals surface area contributed by atoms with Gasteiger partial charge in [0.15, 0.2) is 0 Å². The smallest absolute Gasteiger partial charge is 0.222 e. The van der Waals surface area contributed by atoms with E-state index in [0.717, 1.165) is 0 Å². The average Bonchev–Trinajstić information content (AvgIpc) is 2.14. The monoisotopic (exact) mass is 186 g/mol. The van der Waals surface area contributed by atoms with E-state index < -0.39 is 0 Å². The lowest BCUT2D eigenvalue weighted by molar-refractivity contribution is -0.123. The molecule has 2 N–H and O–H groups in total. The van der Waals surface area contributed by atoms with Gasteiger partial charge in [0.2, 0.25) is 11.8 Å². The molecule has 5 nitrogen and oxygen atoms in total. The molecule has 0 aliphatic heterocycles. The van der Waals surface area contributed by atoms with Gasteiger partial charge in [0, 0.05) is 19.4 Å². The van der Waals surface area contributed by atoms with Gasteiger partial charge in [-0.2, -0.15) is 0 Å². The van der Waals surface area contributed by atoms with Gasteiger partial charge >= 0.3 is 0 Å². The summed E-state index contributed by atoms with van der Waals surface area (Å²) in [5.74, 6) is -0.313. The lowest BCUT2D eigenvalue weighted by Crippen LogP contribution is -2.31. The van der Waals surface area contributed by atoms with Gasteiger partial charge in [0.1, 0.15) is 6.29 Å². The molecule has 0 saturated heterocycles. The van der Waals surface area contributed by atoms with Gasteiger partial charge in [-0.25, -0.2) is 0 Å². The molecule has 0 radical (unpaired) electrons. The summed E-state index contributed by atoms with van der Waals surface area (Å²) in [5, 5.41) is 4.92. The predicted octanol–water partition coefficient (Wildman–Crippen LogP) is -0.782. The number of aldehydes is 1. The number of hydrogen-bond acceptors (Lipinski definition) is 3. The van der Waals surface area contributed by atoms with Crippen LogP contribution in [-0.4, -0.2) is 31.2 Å². The minimum Gasteiger partial charge on any atom is -0.356 e. The maximum atomic E-state index is 10.9. The molecule has 0 heterocycles. The number of amides is 2. The molecule has 2 amide bonds. The fourth-order valence-electron chi connectivity index (χ4n) is 0.684. The summed E-state index contributed by atoms with van der Waals surface area (Å²) in [4.78, 5) is 31.4. The van der Waals surface area contributed by atoms with Crippen molar-refractivity contribution in [3.63, 3.8) is 0 Å². The molecule has 0 spiro atoms. The highest BCUT2D eigenvalue weighted by Crippen LogP contribution is 1.79. The van der Waals surface area contributed by atoms with E-state index in [1.807, 2.05) is 0 Å². The highest BCUT2D eigenvalue weighted by molar-refractivity contribution is 5.80. The SMILES string of the molecule is CCC(=O)NCCC(=O)NCC=O. The highest BCUT2D eigenvalue weighted by Gasteiger charge is 2.00. The lowest BCUT2D eigenvalue weighted by atomic mass is 10.3. The van der Waals surface area contributed by atoms with E-state index in [1.54, 1.807) is 6.92 Å². The Morgan fingerprint density at radius 3 is 2.46 bits per heavy atom. The molecule has 0 atom stereocenters. The summed E-state index contributed by atoms with van der Waals surface area (Å²) in [6, 6.07) is 0. The summed E-state index contributed by atoms with van der Waals surface area (Å²) >= 11 is 0. The van der Waals surface area contributed by atoms with E-state index in [1.165, 1.54) is 0 Å². The van der Waals surface area contributed by atoms with Crippen LogP contribution in [0.4, 0.5) is 0 Å². The largest absolute Gasteiger partial charge is 0.356 e. The molecular weight excluding hydrogens is 172 g/mol.